The minimum absolute atomic E-state index is 0.0683. The molecule has 1 heterocycles. The second-order valence-electron chi connectivity index (χ2n) is 9.84. The molecule has 0 saturated heterocycles. The molecule has 0 radical (unpaired) electrons. The summed E-state index contributed by atoms with van der Waals surface area (Å²) in [4.78, 5) is 16.9. The Kier molecular flexibility index (Phi) is 11.2. The molecule has 10 heteroatoms. The molecule has 0 atom stereocenters. The van der Waals surface area contributed by atoms with Gasteiger partial charge in [0.1, 0.15) is 0 Å². The van der Waals surface area contributed by atoms with E-state index in [0.29, 0.717) is 42.1 Å². The van der Waals surface area contributed by atoms with Crippen LogP contribution in [-0.4, -0.2) is 71.1 Å². The maximum absolute atomic E-state index is 13.9. The molecule has 8 nitrogen and oxygen atoms in total. The predicted octanol–water partition coefficient (Wildman–Crippen LogP) is 4.91. The Morgan fingerprint density at radius 1 is 0.875 bits per heavy atom. The maximum Gasteiger partial charge on any atom is 0.244 e. The smallest absolute Gasteiger partial charge is 0.244 e. The summed E-state index contributed by atoms with van der Waals surface area (Å²) < 4.78 is 45.1. The predicted molar refractivity (Wildman–Crippen MR) is 159 cm³/mol. The molecule has 0 saturated carbocycles. The zero-order valence-corrected chi connectivity index (χ0v) is 26.1. The Morgan fingerprint density at radius 3 is 2.12 bits per heavy atom. The number of methoxy groups -OCH3 is 3. The second kappa shape index (κ2) is 14.1. The standard InChI is InChI=1S/C30H40N2O6S2/c1-21-16-23(3)30(24(4)17-21)40(34,35)32(13-14-36-5)20-29(33)31(19-28-22(2)11-15-39-28)12-10-25-8-9-26(37-6)27(18-25)38-7/h8-9,11,15-18H,10,12-14,19-20H2,1-7H3. The Hall–Kier alpha value is -2.92. The van der Waals surface area contributed by atoms with Gasteiger partial charge < -0.3 is 19.1 Å². The first kappa shape index (κ1) is 31.6. The lowest BCUT2D eigenvalue weighted by molar-refractivity contribution is -0.132. The third-order valence-corrected chi connectivity index (χ3v) is 9.99. The molecule has 0 aliphatic heterocycles. The van der Waals surface area contributed by atoms with Crippen molar-refractivity contribution in [1.29, 1.82) is 0 Å². The van der Waals surface area contributed by atoms with Crippen molar-refractivity contribution in [2.45, 2.75) is 45.6 Å². The summed E-state index contributed by atoms with van der Waals surface area (Å²) in [6.07, 6.45) is 0.567. The van der Waals surface area contributed by atoms with E-state index in [4.69, 9.17) is 14.2 Å². The van der Waals surface area contributed by atoms with Gasteiger partial charge in [-0.15, -0.1) is 11.3 Å². The average Bonchev–Trinajstić information content (AvgIpc) is 3.31. The SMILES string of the molecule is COCCN(CC(=O)N(CCc1ccc(OC)c(OC)c1)Cc1sccc1C)S(=O)(=O)c1c(C)cc(C)cc1C. The van der Waals surface area contributed by atoms with Crippen molar-refractivity contribution in [2.75, 3.05) is 47.6 Å². The number of nitrogens with zero attached hydrogens (tertiary/aromatic N) is 2. The van der Waals surface area contributed by atoms with E-state index in [0.717, 1.165) is 21.6 Å². The van der Waals surface area contributed by atoms with Crippen molar-refractivity contribution in [3.8, 4) is 11.5 Å². The van der Waals surface area contributed by atoms with E-state index < -0.39 is 10.0 Å². The van der Waals surface area contributed by atoms with Crippen LogP contribution in [0.3, 0.4) is 0 Å². The molecule has 3 aromatic rings. The first-order valence-electron chi connectivity index (χ1n) is 13.1. The summed E-state index contributed by atoms with van der Waals surface area (Å²) in [6, 6.07) is 11.4. The van der Waals surface area contributed by atoms with Crippen molar-refractivity contribution in [2.24, 2.45) is 0 Å². The lowest BCUT2D eigenvalue weighted by Gasteiger charge is -2.28. The number of thiophene rings is 1. The molecular formula is C30H40N2O6S2. The van der Waals surface area contributed by atoms with E-state index in [-0.39, 0.29) is 30.5 Å². The third-order valence-electron chi connectivity index (χ3n) is 6.83. The van der Waals surface area contributed by atoms with Gasteiger partial charge in [-0.05, 0) is 79.9 Å². The number of aryl methyl sites for hydroxylation is 4. The Bertz CT molecular complexity index is 1390. The van der Waals surface area contributed by atoms with Crippen LogP contribution >= 0.6 is 11.3 Å². The highest BCUT2D eigenvalue weighted by Gasteiger charge is 2.31. The average molecular weight is 589 g/mol. The summed E-state index contributed by atoms with van der Waals surface area (Å²) in [6.45, 7) is 8.30. The molecule has 0 unspecified atom stereocenters. The molecule has 0 N–H and O–H groups in total. The van der Waals surface area contributed by atoms with E-state index >= 15 is 0 Å². The highest BCUT2D eigenvalue weighted by atomic mass is 32.2. The van der Waals surface area contributed by atoms with Gasteiger partial charge in [-0.1, -0.05) is 23.8 Å². The number of ether oxygens (including phenoxy) is 3. The molecule has 40 heavy (non-hydrogen) atoms. The molecule has 0 aliphatic carbocycles. The molecule has 218 valence electrons. The van der Waals surface area contributed by atoms with Crippen LogP contribution in [0, 0.1) is 27.7 Å². The van der Waals surface area contributed by atoms with Crippen molar-refractivity contribution < 1.29 is 27.4 Å². The minimum atomic E-state index is -3.96. The fraction of sp³-hybridized carbons (Fsp3) is 0.433. The monoisotopic (exact) mass is 588 g/mol. The van der Waals surface area contributed by atoms with Gasteiger partial charge in [0.2, 0.25) is 15.9 Å². The van der Waals surface area contributed by atoms with Crippen LogP contribution in [0.15, 0.2) is 46.7 Å². The van der Waals surface area contributed by atoms with Gasteiger partial charge >= 0.3 is 0 Å². The lowest BCUT2D eigenvalue weighted by atomic mass is 10.1. The lowest BCUT2D eigenvalue weighted by Crippen LogP contribution is -2.44. The fourth-order valence-electron chi connectivity index (χ4n) is 4.76. The summed E-state index contributed by atoms with van der Waals surface area (Å²) in [7, 11) is 0.736. The van der Waals surface area contributed by atoms with Crippen LogP contribution in [-0.2, 0) is 32.5 Å². The first-order chi connectivity index (χ1) is 19.0. The fourth-order valence-corrected chi connectivity index (χ4v) is 7.47. The number of carbonyl (C=O) groups is 1. The second-order valence-corrected chi connectivity index (χ2v) is 12.7. The number of benzene rings is 2. The van der Waals surface area contributed by atoms with Crippen LogP contribution in [0.5, 0.6) is 11.5 Å². The number of amides is 1. The minimum Gasteiger partial charge on any atom is -0.493 e. The zero-order chi connectivity index (χ0) is 29.4. The van der Waals surface area contributed by atoms with Gasteiger partial charge in [0, 0.05) is 25.1 Å². The molecule has 0 fully saturated rings. The van der Waals surface area contributed by atoms with Crippen molar-refractivity contribution >= 4 is 27.3 Å². The highest BCUT2D eigenvalue weighted by Crippen LogP contribution is 2.29. The van der Waals surface area contributed by atoms with Crippen LogP contribution in [0.2, 0.25) is 0 Å². The summed E-state index contributed by atoms with van der Waals surface area (Å²) in [5, 5.41) is 2.00. The number of carbonyl (C=O) groups excluding carboxylic acids is 1. The topological polar surface area (TPSA) is 85.4 Å². The van der Waals surface area contributed by atoms with Gasteiger partial charge in [-0.25, -0.2) is 8.42 Å². The van der Waals surface area contributed by atoms with Crippen molar-refractivity contribution in [1.82, 2.24) is 9.21 Å². The van der Waals surface area contributed by atoms with Gasteiger partial charge in [0.25, 0.3) is 0 Å². The van der Waals surface area contributed by atoms with Gasteiger partial charge in [0.05, 0.1) is 38.8 Å². The van der Waals surface area contributed by atoms with Crippen LogP contribution in [0.1, 0.15) is 32.7 Å². The maximum atomic E-state index is 13.9. The largest absolute Gasteiger partial charge is 0.493 e. The summed E-state index contributed by atoms with van der Waals surface area (Å²) in [5.41, 5.74) is 4.39. The first-order valence-corrected chi connectivity index (χ1v) is 15.4. The van der Waals surface area contributed by atoms with Crippen molar-refractivity contribution in [3.63, 3.8) is 0 Å². The van der Waals surface area contributed by atoms with Crippen LogP contribution < -0.4 is 9.47 Å². The van der Waals surface area contributed by atoms with E-state index in [1.54, 1.807) is 44.3 Å². The molecule has 0 bridgehead atoms. The molecule has 2 aromatic carbocycles. The molecule has 0 spiro atoms. The molecule has 1 amide bonds. The number of sulfonamides is 1. The summed E-state index contributed by atoms with van der Waals surface area (Å²) in [5.74, 6) is 0.983. The normalized spacial score (nSPS) is 11.6. The van der Waals surface area contributed by atoms with E-state index in [1.165, 1.54) is 11.4 Å². The van der Waals surface area contributed by atoms with E-state index in [1.807, 2.05) is 55.6 Å². The molecule has 0 aliphatic rings. The van der Waals surface area contributed by atoms with Crippen LogP contribution in [0.25, 0.3) is 0 Å². The molecule has 3 rings (SSSR count). The Labute approximate surface area is 242 Å². The molecular weight excluding hydrogens is 548 g/mol. The van der Waals surface area contributed by atoms with Crippen molar-refractivity contribution in [3.05, 3.63) is 74.5 Å². The summed E-state index contributed by atoms with van der Waals surface area (Å²) >= 11 is 1.59. The number of hydrogen-bond acceptors (Lipinski definition) is 7. The zero-order valence-electron chi connectivity index (χ0n) is 24.4. The van der Waals surface area contributed by atoms with Gasteiger partial charge in [0.15, 0.2) is 11.5 Å². The number of rotatable bonds is 14. The van der Waals surface area contributed by atoms with E-state index in [9.17, 15) is 13.2 Å². The van der Waals surface area contributed by atoms with Crippen LogP contribution in [0.4, 0.5) is 0 Å². The van der Waals surface area contributed by atoms with Gasteiger partial charge in [-0.2, -0.15) is 4.31 Å². The quantitative estimate of drug-likeness (QED) is 0.266. The number of hydrogen-bond donors (Lipinski definition) is 0. The van der Waals surface area contributed by atoms with Gasteiger partial charge in [-0.3, -0.25) is 4.79 Å². The highest BCUT2D eigenvalue weighted by molar-refractivity contribution is 7.89. The van der Waals surface area contributed by atoms with E-state index in [2.05, 4.69) is 0 Å². The molecule has 1 aromatic heterocycles. The Balaban J connectivity index is 1.90. The third kappa shape index (κ3) is 7.63. The Morgan fingerprint density at radius 2 is 1.55 bits per heavy atom.